The normalized spacial score (nSPS) is 21.6. The summed E-state index contributed by atoms with van der Waals surface area (Å²) in [6.45, 7) is 0.708. The van der Waals surface area contributed by atoms with Gasteiger partial charge in [0, 0.05) is 6.61 Å². The Morgan fingerprint density at radius 3 is 2.68 bits per heavy atom. The fraction of sp³-hybridized carbons (Fsp3) is 0.571. The number of hydrogen-bond donors (Lipinski definition) is 1. The second-order valence-corrected chi connectivity index (χ2v) is 4.81. The monoisotopic (exact) mass is 274 g/mol. The van der Waals surface area contributed by atoms with Gasteiger partial charge in [0.1, 0.15) is 0 Å². The molecule has 1 saturated heterocycles. The topological polar surface area (TPSA) is 29.5 Å². The second kappa shape index (κ2) is 5.92. The first kappa shape index (κ1) is 14.3. The van der Waals surface area contributed by atoms with Crippen molar-refractivity contribution in [2.75, 3.05) is 6.61 Å². The maximum atomic E-state index is 12.8. The van der Waals surface area contributed by atoms with Gasteiger partial charge in [-0.15, -0.1) is 0 Å². The van der Waals surface area contributed by atoms with E-state index >= 15 is 0 Å². The third kappa shape index (κ3) is 3.70. The van der Waals surface area contributed by atoms with Crippen molar-refractivity contribution in [1.82, 2.24) is 0 Å². The van der Waals surface area contributed by atoms with Crippen LogP contribution in [-0.2, 0) is 10.9 Å². The molecule has 0 spiro atoms. The van der Waals surface area contributed by atoms with E-state index < -0.39 is 17.8 Å². The predicted octanol–water partition coefficient (Wildman–Crippen LogP) is 3.70. The molecule has 0 bridgehead atoms. The SMILES string of the molecule is OC(CCC1CCCO1)c1ccccc1C(F)(F)F. The van der Waals surface area contributed by atoms with Crippen LogP contribution in [0.3, 0.4) is 0 Å². The highest BCUT2D eigenvalue weighted by molar-refractivity contribution is 5.31. The van der Waals surface area contributed by atoms with Crippen LogP contribution in [0.1, 0.15) is 42.9 Å². The van der Waals surface area contributed by atoms with Gasteiger partial charge in [0.05, 0.1) is 17.8 Å². The molecule has 1 aliphatic heterocycles. The van der Waals surface area contributed by atoms with Gasteiger partial charge in [0.15, 0.2) is 0 Å². The van der Waals surface area contributed by atoms with Crippen LogP contribution < -0.4 is 0 Å². The molecule has 0 amide bonds. The molecule has 2 rings (SSSR count). The molecule has 1 N–H and O–H groups in total. The van der Waals surface area contributed by atoms with E-state index in [4.69, 9.17) is 4.74 Å². The molecule has 1 heterocycles. The fourth-order valence-corrected chi connectivity index (χ4v) is 2.42. The van der Waals surface area contributed by atoms with Crippen molar-refractivity contribution in [3.63, 3.8) is 0 Å². The van der Waals surface area contributed by atoms with E-state index in [1.54, 1.807) is 0 Å². The first-order chi connectivity index (χ1) is 8.98. The number of aliphatic hydroxyl groups is 1. The lowest BCUT2D eigenvalue weighted by Crippen LogP contribution is -2.13. The summed E-state index contributed by atoms with van der Waals surface area (Å²) in [6, 6.07) is 5.19. The summed E-state index contributed by atoms with van der Waals surface area (Å²) >= 11 is 0. The summed E-state index contributed by atoms with van der Waals surface area (Å²) in [5, 5.41) is 9.97. The molecule has 2 nitrogen and oxygen atoms in total. The van der Waals surface area contributed by atoms with Crippen molar-refractivity contribution in [2.24, 2.45) is 0 Å². The number of rotatable bonds is 4. The van der Waals surface area contributed by atoms with Gasteiger partial charge >= 0.3 is 6.18 Å². The van der Waals surface area contributed by atoms with Crippen LogP contribution in [0.5, 0.6) is 0 Å². The van der Waals surface area contributed by atoms with Crippen LogP contribution >= 0.6 is 0 Å². The van der Waals surface area contributed by atoms with E-state index in [0.717, 1.165) is 18.9 Å². The number of aliphatic hydroxyl groups excluding tert-OH is 1. The van der Waals surface area contributed by atoms with E-state index in [2.05, 4.69) is 0 Å². The summed E-state index contributed by atoms with van der Waals surface area (Å²) < 4.78 is 43.8. The molecule has 1 fully saturated rings. The maximum absolute atomic E-state index is 12.8. The number of halogens is 3. The molecule has 0 saturated carbocycles. The van der Waals surface area contributed by atoms with Gasteiger partial charge in [0.2, 0.25) is 0 Å². The van der Waals surface area contributed by atoms with Crippen molar-refractivity contribution in [3.05, 3.63) is 35.4 Å². The highest BCUT2D eigenvalue weighted by Crippen LogP contribution is 2.36. The molecular formula is C14H17F3O2. The van der Waals surface area contributed by atoms with E-state index in [1.165, 1.54) is 18.2 Å². The van der Waals surface area contributed by atoms with E-state index in [-0.39, 0.29) is 18.1 Å². The molecule has 2 atom stereocenters. The van der Waals surface area contributed by atoms with Crippen molar-refractivity contribution in [3.8, 4) is 0 Å². The molecule has 0 aromatic heterocycles. The Labute approximate surface area is 110 Å². The third-order valence-electron chi connectivity index (χ3n) is 3.41. The largest absolute Gasteiger partial charge is 0.416 e. The number of alkyl halides is 3. The maximum Gasteiger partial charge on any atom is 0.416 e. The zero-order valence-corrected chi connectivity index (χ0v) is 10.5. The molecular weight excluding hydrogens is 257 g/mol. The first-order valence-electron chi connectivity index (χ1n) is 6.44. The van der Waals surface area contributed by atoms with Gasteiger partial charge in [-0.25, -0.2) is 0 Å². The van der Waals surface area contributed by atoms with Crippen LogP contribution in [0, 0.1) is 0 Å². The minimum atomic E-state index is -4.43. The van der Waals surface area contributed by atoms with E-state index in [1.807, 2.05) is 0 Å². The number of ether oxygens (including phenoxy) is 1. The Bertz CT molecular complexity index is 411. The number of hydrogen-bond acceptors (Lipinski definition) is 2. The van der Waals surface area contributed by atoms with Crippen molar-refractivity contribution >= 4 is 0 Å². The van der Waals surface area contributed by atoms with Gasteiger partial charge in [-0.3, -0.25) is 0 Å². The molecule has 2 unspecified atom stereocenters. The molecule has 1 aliphatic rings. The lowest BCUT2D eigenvalue weighted by molar-refractivity contribution is -0.139. The molecule has 5 heteroatoms. The number of benzene rings is 1. The fourth-order valence-electron chi connectivity index (χ4n) is 2.42. The average Bonchev–Trinajstić information content (AvgIpc) is 2.88. The predicted molar refractivity (Wildman–Crippen MR) is 64.6 cm³/mol. The summed E-state index contributed by atoms with van der Waals surface area (Å²) in [5.74, 6) is 0. The second-order valence-electron chi connectivity index (χ2n) is 4.81. The standard InChI is InChI=1S/C14H17F3O2/c15-14(16,17)12-6-2-1-5-11(12)13(18)8-7-10-4-3-9-19-10/h1-2,5-6,10,13,18H,3-4,7-9H2. The zero-order chi connectivity index (χ0) is 13.9. The van der Waals surface area contributed by atoms with Crippen molar-refractivity contribution < 1.29 is 23.0 Å². The van der Waals surface area contributed by atoms with Crippen LogP contribution in [0.25, 0.3) is 0 Å². The zero-order valence-electron chi connectivity index (χ0n) is 10.5. The third-order valence-corrected chi connectivity index (χ3v) is 3.41. The van der Waals surface area contributed by atoms with Gasteiger partial charge < -0.3 is 9.84 Å². The van der Waals surface area contributed by atoms with Crippen molar-refractivity contribution in [2.45, 2.75) is 44.1 Å². The minimum Gasteiger partial charge on any atom is -0.388 e. The van der Waals surface area contributed by atoms with Crippen LogP contribution in [0.2, 0.25) is 0 Å². The lowest BCUT2D eigenvalue weighted by atomic mass is 9.97. The summed E-state index contributed by atoms with van der Waals surface area (Å²) in [5.41, 5.74) is -0.803. The van der Waals surface area contributed by atoms with Crippen LogP contribution in [0.15, 0.2) is 24.3 Å². The summed E-state index contributed by atoms with van der Waals surface area (Å²) in [7, 11) is 0. The lowest BCUT2D eigenvalue weighted by Gasteiger charge is -2.18. The molecule has 106 valence electrons. The van der Waals surface area contributed by atoms with Gasteiger partial charge in [-0.1, -0.05) is 18.2 Å². The first-order valence-corrected chi connectivity index (χ1v) is 6.44. The molecule has 1 aromatic rings. The van der Waals surface area contributed by atoms with Crippen LogP contribution in [0.4, 0.5) is 13.2 Å². The highest BCUT2D eigenvalue weighted by atomic mass is 19.4. The quantitative estimate of drug-likeness (QED) is 0.907. The van der Waals surface area contributed by atoms with Gasteiger partial charge in [0.25, 0.3) is 0 Å². The Kier molecular flexibility index (Phi) is 4.47. The molecule has 0 radical (unpaired) electrons. The molecule has 0 aliphatic carbocycles. The Balaban J connectivity index is 2.03. The van der Waals surface area contributed by atoms with Crippen LogP contribution in [-0.4, -0.2) is 17.8 Å². The highest BCUT2D eigenvalue weighted by Gasteiger charge is 2.34. The summed E-state index contributed by atoms with van der Waals surface area (Å²) in [4.78, 5) is 0. The van der Waals surface area contributed by atoms with Crippen molar-refractivity contribution in [1.29, 1.82) is 0 Å². The van der Waals surface area contributed by atoms with E-state index in [9.17, 15) is 18.3 Å². The molecule has 1 aromatic carbocycles. The van der Waals surface area contributed by atoms with Gasteiger partial charge in [-0.05, 0) is 37.3 Å². The minimum absolute atomic E-state index is 0.0482. The van der Waals surface area contributed by atoms with Gasteiger partial charge in [-0.2, -0.15) is 13.2 Å². The average molecular weight is 274 g/mol. The summed E-state index contributed by atoms with van der Waals surface area (Å²) in [6.07, 6.45) is -2.66. The Morgan fingerprint density at radius 1 is 1.32 bits per heavy atom. The molecule has 19 heavy (non-hydrogen) atoms. The smallest absolute Gasteiger partial charge is 0.388 e. The Hall–Kier alpha value is -1.07. The van der Waals surface area contributed by atoms with E-state index in [0.29, 0.717) is 13.0 Å². The Morgan fingerprint density at radius 2 is 2.05 bits per heavy atom.